The average Bonchev–Trinajstić information content (AvgIpc) is 3.15. The number of hydrogen-bond donors (Lipinski definition) is 2. The lowest BCUT2D eigenvalue weighted by atomic mass is 10.1. The molecule has 1 amide bonds. The zero-order valence-corrected chi connectivity index (χ0v) is 17.8. The maximum atomic E-state index is 12.0. The molecule has 152 valence electrons. The Balaban J connectivity index is 1.74. The number of carbonyl (C=O) groups is 1. The van der Waals surface area contributed by atoms with Crippen molar-refractivity contribution in [2.24, 2.45) is 0 Å². The van der Waals surface area contributed by atoms with Crippen LogP contribution in [0.5, 0.6) is 11.5 Å². The Bertz CT molecular complexity index is 767. The van der Waals surface area contributed by atoms with Crippen LogP contribution in [0.15, 0.2) is 35.2 Å². The number of carbonyl (C=O) groups excluding carboxylic acids is 1. The third kappa shape index (κ3) is 7.40. The Morgan fingerprint density at radius 3 is 2.79 bits per heavy atom. The van der Waals surface area contributed by atoms with Gasteiger partial charge in [-0.15, -0.1) is 16.8 Å². The highest BCUT2D eigenvalue weighted by Crippen LogP contribution is 2.28. The molecule has 2 rings (SSSR count). The van der Waals surface area contributed by atoms with Crippen LogP contribution >= 0.6 is 23.1 Å². The third-order valence-corrected chi connectivity index (χ3v) is 5.49. The van der Waals surface area contributed by atoms with Crippen molar-refractivity contribution < 1.29 is 14.3 Å². The SMILES string of the molecule is C=CCNc1nnc(SCC(=O)NCCc2ccc(OCC)c(OCC)c2)s1. The second-order valence-corrected chi connectivity index (χ2v) is 7.78. The smallest absolute Gasteiger partial charge is 0.230 e. The van der Waals surface area contributed by atoms with Gasteiger partial charge in [0.25, 0.3) is 0 Å². The van der Waals surface area contributed by atoms with Crippen molar-refractivity contribution >= 4 is 34.1 Å². The van der Waals surface area contributed by atoms with Crippen molar-refractivity contribution in [2.75, 3.05) is 37.4 Å². The van der Waals surface area contributed by atoms with Crippen molar-refractivity contribution in [3.63, 3.8) is 0 Å². The summed E-state index contributed by atoms with van der Waals surface area (Å²) in [5.41, 5.74) is 1.09. The van der Waals surface area contributed by atoms with Gasteiger partial charge >= 0.3 is 0 Å². The maximum Gasteiger partial charge on any atom is 0.230 e. The van der Waals surface area contributed by atoms with Crippen LogP contribution in [0.2, 0.25) is 0 Å². The van der Waals surface area contributed by atoms with Crippen LogP contribution in [0.4, 0.5) is 5.13 Å². The summed E-state index contributed by atoms with van der Waals surface area (Å²) in [6, 6.07) is 5.87. The van der Waals surface area contributed by atoms with Crippen LogP contribution in [-0.4, -0.2) is 48.2 Å². The molecule has 0 saturated heterocycles. The minimum Gasteiger partial charge on any atom is -0.490 e. The molecular formula is C19H26N4O3S2. The molecule has 0 unspecified atom stereocenters. The first-order valence-corrected chi connectivity index (χ1v) is 10.9. The van der Waals surface area contributed by atoms with Crippen molar-refractivity contribution in [2.45, 2.75) is 24.6 Å². The number of nitrogens with one attached hydrogen (secondary N) is 2. The number of nitrogens with zero attached hydrogens (tertiary/aromatic N) is 2. The highest BCUT2D eigenvalue weighted by Gasteiger charge is 2.09. The lowest BCUT2D eigenvalue weighted by Gasteiger charge is -2.12. The molecule has 28 heavy (non-hydrogen) atoms. The van der Waals surface area contributed by atoms with Gasteiger partial charge in [-0.3, -0.25) is 4.79 Å². The van der Waals surface area contributed by atoms with Gasteiger partial charge in [-0.25, -0.2) is 0 Å². The van der Waals surface area contributed by atoms with Crippen LogP contribution in [0, 0.1) is 0 Å². The molecule has 1 aromatic heterocycles. The minimum absolute atomic E-state index is 0.0308. The second kappa shape index (κ2) is 12.2. The number of rotatable bonds is 13. The number of thioether (sulfide) groups is 1. The quantitative estimate of drug-likeness (QED) is 0.378. The van der Waals surface area contributed by atoms with E-state index in [1.165, 1.54) is 23.1 Å². The topological polar surface area (TPSA) is 85.4 Å². The lowest BCUT2D eigenvalue weighted by Crippen LogP contribution is -2.27. The molecule has 0 bridgehead atoms. The Kier molecular flexibility index (Phi) is 9.64. The average molecular weight is 423 g/mol. The molecule has 2 aromatic rings. The van der Waals surface area contributed by atoms with Gasteiger partial charge in [0.15, 0.2) is 15.8 Å². The Morgan fingerprint density at radius 1 is 1.25 bits per heavy atom. The number of aromatic nitrogens is 2. The van der Waals surface area contributed by atoms with E-state index in [-0.39, 0.29) is 5.91 Å². The molecule has 1 heterocycles. The molecule has 0 radical (unpaired) electrons. The fourth-order valence-electron chi connectivity index (χ4n) is 2.27. The van der Waals surface area contributed by atoms with E-state index in [2.05, 4.69) is 27.4 Å². The van der Waals surface area contributed by atoms with Gasteiger partial charge < -0.3 is 20.1 Å². The summed E-state index contributed by atoms with van der Waals surface area (Å²) in [4.78, 5) is 12.0. The van der Waals surface area contributed by atoms with E-state index in [4.69, 9.17) is 9.47 Å². The van der Waals surface area contributed by atoms with E-state index in [0.717, 1.165) is 33.0 Å². The summed E-state index contributed by atoms with van der Waals surface area (Å²) in [5, 5.41) is 14.8. The Labute approximate surface area is 173 Å². The fraction of sp³-hybridized carbons (Fsp3) is 0.421. The number of amides is 1. The zero-order chi connectivity index (χ0) is 20.2. The summed E-state index contributed by atoms with van der Waals surface area (Å²) in [6.07, 6.45) is 2.47. The first kappa shape index (κ1) is 22.0. The van der Waals surface area contributed by atoms with Gasteiger partial charge in [-0.1, -0.05) is 35.2 Å². The summed E-state index contributed by atoms with van der Waals surface area (Å²) >= 11 is 2.80. The van der Waals surface area contributed by atoms with Gasteiger partial charge in [-0.2, -0.15) is 0 Å². The predicted octanol–water partition coefficient (Wildman–Crippen LogP) is 3.38. The molecule has 1 aromatic carbocycles. The highest BCUT2D eigenvalue weighted by molar-refractivity contribution is 8.01. The standard InChI is InChI=1S/C19H26N4O3S2/c1-4-10-21-18-22-23-19(28-18)27-13-17(24)20-11-9-14-7-8-15(25-5-2)16(12-14)26-6-3/h4,7-8,12H,1,5-6,9-11,13H2,2-3H3,(H,20,24)(H,21,22). The molecule has 0 spiro atoms. The van der Waals surface area contributed by atoms with E-state index in [1.807, 2.05) is 32.0 Å². The van der Waals surface area contributed by atoms with Gasteiger partial charge in [-0.05, 0) is 38.0 Å². The number of hydrogen-bond acceptors (Lipinski definition) is 8. The molecule has 0 aliphatic heterocycles. The monoisotopic (exact) mass is 422 g/mol. The molecular weight excluding hydrogens is 396 g/mol. The van der Waals surface area contributed by atoms with Crippen LogP contribution in [0.1, 0.15) is 19.4 Å². The first-order valence-electron chi connectivity index (χ1n) is 9.12. The summed E-state index contributed by atoms with van der Waals surface area (Å²) < 4.78 is 12.0. The second-order valence-electron chi connectivity index (χ2n) is 5.58. The minimum atomic E-state index is -0.0308. The first-order chi connectivity index (χ1) is 13.7. The van der Waals surface area contributed by atoms with E-state index in [1.54, 1.807) is 6.08 Å². The summed E-state index contributed by atoms with van der Waals surface area (Å²) in [6.45, 7) is 9.88. The molecule has 9 heteroatoms. The van der Waals surface area contributed by atoms with Crippen molar-refractivity contribution in [1.82, 2.24) is 15.5 Å². The largest absolute Gasteiger partial charge is 0.490 e. The normalized spacial score (nSPS) is 10.4. The number of ether oxygens (including phenoxy) is 2. The number of anilines is 1. The van der Waals surface area contributed by atoms with E-state index < -0.39 is 0 Å². The van der Waals surface area contributed by atoms with E-state index in [9.17, 15) is 4.79 Å². The fourth-order valence-corrected chi connectivity index (χ4v) is 3.86. The van der Waals surface area contributed by atoms with Crippen molar-refractivity contribution in [1.29, 1.82) is 0 Å². The van der Waals surface area contributed by atoms with Crippen LogP contribution < -0.4 is 20.1 Å². The molecule has 0 aliphatic carbocycles. The van der Waals surface area contributed by atoms with E-state index >= 15 is 0 Å². The third-order valence-electron chi connectivity index (χ3n) is 3.47. The van der Waals surface area contributed by atoms with Crippen molar-refractivity contribution in [3.05, 3.63) is 36.4 Å². The molecule has 0 fully saturated rings. The lowest BCUT2D eigenvalue weighted by molar-refractivity contribution is -0.118. The van der Waals surface area contributed by atoms with Gasteiger partial charge in [0, 0.05) is 13.1 Å². The maximum absolute atomic E-state index is 12.0. The van der Waals surface area contributed by atoms with Crippen LogP contribution in [0.3, 0.4) is 0 Å². The summed E-state index contributed by atoms with van der Waals surface area (Å²) in [7, 11) is 0. The molecule has 0 saturated carbocycles. The predicted molar refractivity (Wildman–Crippen MR) is 115 cm³/mol. The van der Waals surface area contributed by atoms with Crippen LogP contribution in [0.25, 0.3) is 0 Å². The van der Waals surface area contributed by atoms with Gasteiger partial charge in [0.2, 0.25) is 11.0 Å². The van der Waals surface area contributed by atoms with Gasteiger partial charge in [0.1, 0.15) is 0 Å². The highest BCUT2D eigenvalue weighted by atomic mass is 32.2. The zero-order valence-electron chi connectivity index (χ0n) is 16.2. The van der Waals surface area contributed by atoms with Gasteiger partial charge in [0.05, 0.1) is 19.0 Å². The Morgan fingerprint density at radius 2 is 2.04 bits per heavy atom. The molecule has 0 atom stereocenters. The molecule has 7 nitrogen and oxygen atoms in total. The van der Waals surface area contributed by atoms with Crippen LogP contribution in [-0.2, 0) is 11.2 Å². The summed E-state index contributed by atoms with van der Waals surface area (Å²) in [5.74, 6) is 1.76. The molecule has 2 N–H and O–H groups in total. The van der Waals surface area contributed by atoms with E-state index in [0.29, 0.717) is 32.1 Å². The Hall–Kier alpha value is -2.26. The van der Waals surface area contributed by atoms with Crippen molar-refractivity contribution in [3.8, 4) is 11.5 Å². The number of benzene rings is 1. The molecule has 0 aliphatic rings.